The second-order valence-electron chi connectivity index (χ2n) is 8.00. The zero-order chi connectivity index (χ0) is 20.8. The van der Waals surface area contributed by atoms with Gasteiger partial charge in [-0.1, -0.05) is 19.3 Å². The van der Waals surface area contributed by atoms with Crippen molar-refractivity contribution < 1.29 is 2.85 Å². The molecule has 31 heavy (non-hydrogen) atoms. The topological polar surface area (TPSA) is 118 Å². The van der Waals surface area contributed by atoms with Gasteiger partial charge in [0, 0.05) is 20.0 Å². The summed E-state index contributed by atoms with van der Waals surface area (Å²) in [6.45, 7) is 0. The van der Waals surface area contributed by atoms with Crippen molar-refractivity contribution in [2.45, 2.75) is 38.1 Å². The molecule has 0 atom stereocenters. The van der Waals surface area contributed by atoms with Crippen molar-refractivity contribution in [3.63, 3.8) is 0 Å². The third-order valence-corrected chi connectivity index (χ3v) is 6.13. The first-order valence-corrected chi connectivity index (χ1v) is 10.5. The quantitative estimate of drug-likeness (QED) is 0.457. The normalized spacial score (nSPS) is 15.1. The molecule has 158 valence electrons. The molecular formula is C22H24N8O. The van der Waals surface area contributed by atoms with Gasteiger partial charge in [0.1, 0.15) is 5.82 Å². The molecular weight excluding hydrogens is 392 g/mol. The van der Waals surface area contributed by atoms with Crippen LogP contribution < -0.4 is 5.56 Å². The van der Waals surface area contributed by atoms with Crippen LogP contribution >= 0.6 is 0 Å². The summed E-state index contributed by atoms with van der Waals surface area (Å²) in [4.78, 5) is 24.3. The number of rotatable bonds is 3. The number of benzene rings is 2. The maximum atomic E-state index is 12.4. The molecule has 1 aliphatic carbocycles. The second kappa shape index (κ2) is 7.12. The van der Waals surface area contributed by atoms with Crippen LogP contribution in [0.4, 0.5) is 0 Å². The van der Waals surface area contributed by atoms with E-state index in [1.807, 2.05) is 30.3 Å². The molecule has 5 aromatic rings. The summed E-state index contributed by atoms with van der Waals surface area (Å²) in [5.74, 6) is 1.41. The van der Waals surface area contributed by atoms with E-state index < -0.39 is 0 Å². The number of nitrogens with zero attached hydrogens (tertiary/aromatic N) is 6. The van der Waals surface area contributed by atoms with Crippen molar-refractivity contribution in [3.05, 3.63) is 53.1 Å². The van der Waals surface area contributed by atoms with Crippen molar-refractivity contribution in [1.29, 1.82) is 0 Å². The number of tetrazole rings is 1. The van der Waals surface area contributed by atoms with Crippen LogP contribution in [0, 0.1) is 0 Å². The number of nitrogens with one attached hydrogen (secondary N) is 2. The van der Waals surface area contributed by atoms with E-state index in [1.165, 1.54) is 25.6 Å². The zero-order valence-corrected chi connectivity index (χ0v) is 16.7. The Bertz CT molecular complexity index is 1450. The summed E-state index contributed by atoms with van der Waals surface area (Å²) in [6.07, 6.45) is 7.39. The fourth-order valence-electron chi connectivity index (χ4n) is 4.64. The lowest BCUT2D eigenvalue weighted by molar-refractivity contribution is 0.362. The predicted molar refractivity (Wildman–Crippen MR) is 121 cm³/mol. The number of hydrogen-bond acceptors (Lipinski definition) is 6. The first-order chi connectivity index (χ1) is 15.3. The highest BCUT2D eigenvalue weighted by molar-refractivity contribution is 5.87. The van der Waals surface area contributed by atoms with E-state index in [2.05, 4.69) is 41.2 Å². The Labute approximate surface area is 179 Å². The van der Waals surface area contributed by atoms with Gasteiger partial charge in [-0.25, -0.2) is 9.97 Å². The van der Waals surface area contributed by atoms with Crippen LogP contribution in [0.25, 0.3) is 44.7 Å². The molecule has 9 heteroatoms. The SMILES string of the molecule is O=c1[nH]cnc2ccc(-c3nc4cc(-c5nn[nH]n5)ccc4n3C3CCCCC3)cc12.[HH].[HH]. The standard InChI is InChI=1S/C22H20N8O.2H2/c31-22-16-10-14(6-8-17(16)23-12-24-22)21-25-18-11-13(20-26-28-29-27-20)7-9-19(18)30(21)15-4-2-1-3-5-15;;/h6-12,15H,1-5H2,(H,23,24,31)(H,26,27,28,29);2*1H. The van der Waals surface area contributed by atoms with Gasteiger partial charge in [0.05, 0.1) is 28.3 Å². The van der Waals surface area contributed by atoms with E-state index in [-0.39, 0.29) is 8.41 Å². The third kappa shape index (κ3) is 3.00. The lowest BCUT2D eigenvalue weighted by Gasteiger charge is -2.25. The van der Waals surface area contributed by atoms with E-state index in [0.717, 1.165) is 40.8 Å². The molecule has 9 nitrogen and oxygen atoms in total. The lowest BCUT2D eigenvalue weighted by atomic mass is 9.94. The number of aromatic amines is 2. The van der Waals surface area contributed by atoms with Crippen LogP contribution in [0.3, 0.4) is 0 Å². The van der Waals surface area contributed by atoms with Crippen LogP contribution in [-0.4, -0.2) is 40.1 Å². The summed E-state index contributed by atoms with van der Waals surface area (Å²) in [7, 11) is 0. The predicted octanol–water partition coefficient (Wildman–Crippen LogP) is 4.12. The number of imidazole rings is 1. The van der Waals surface area contributed by atoms with E-state index in [9.17, 15) is 4.79 Å². The molecule has 2 N–H and O–H groups in total. The zero-order valence-electron chi connectivity index (χ0n) is 16.7. The Kier molecular flexibility index (Phi) is 4.12. The maximum absolute atomic E-state index is 12.4. The number of H-pyrrole nitrogens is 2. The van der Waals surface area contributed by atoms with Gasteiger partial charge in [-0.3, -0.25) is 4.79 Å². The summed E-state index contributed by atoms with van der Waals surface area (Å²) in [5, 5.41) is 14.9. The largest absolute Gasteiger partial charge is 0.321 e. The smallest absolute Gasteiger partial charge is 0.258 e. The molecule has 3 heterocycles. The molecule has 6 rings (SSSR count). The van der Waals surface area contributed by atoms with E-state index in [4.69, 9.17) is 4.98 Å². The second-order valence-corrected chi connectivity index (χ2v) is 8.00. The molecule has 0 bridgehead atoms. The molecule has 1 saturated carbocycles. The van der Waals surface area contributed by atoms with Crippen molar-refractivity contribution >= 4 is 21.9 Å². The van der Waals surface area contributed by atoms with E-state index in [1.54, 1.807) is 0 Å². The lowest BCUT2D eigenvalue weighted by Crippen LogP contribution is -2.14. The Morgan fingerprint density at radius 1 is 1.00 bits per heavy atom. The first-order valence-electron chi connectivity index (χ1n) is 10.5. The van der Waals surface area contributed by atoms with Gasteiger partial charge in [0.2, 0.25) is 5.82 Å². The molecule has 0 saturated heterocycles. The highest BCUT2D eigenvalue weighted by atomic mass is 16.1. The molecule has 1 fully saturated rings. The monoisotopic (exact) mass is 416 g/mol. The van der Waals surface area contributed by atoms with Gasteiger partial charge in [-0.05, 0) is 54.5 Å². The summed E-state index contributed by atoms with van der Waals surface area (Å²) in [5.41, 5.74) is 4.25. The highest BCUT2D eigenvalue weighted by Gasteiger charge is 2.23. The Hall–Kier alpha value is -3.88. The van der Waals surface area contributed by atoms with Crippen molar-refractivity contribution in [2.24, 2.45) is 0 Å². The average Bonchev–Trinajstić information content (AvgIpc) is 3.47. The van der Waals surface area contributed by atoms with Crippen LogP contribution in [-0.2, 0) is 0 Å². The summed E-state index contributed by atoms with van der Waals surface area (Å²) >= 11 is 0. The van der Waals surface area contributed by atoms with Gasteiger partial charge in [0.15, 0.2) is 0 Å². The number of hydrogen-bond donors (Lipinski definition) is 2. The van der Waals surface area contributed by atoms with Gasteiger partial charge >= 0.3 is 0 Å². The molecule has 0 amide bonds. The van der Waals surface area contributed by atoms with Crippen molar-refractivity contribution in [1.82, 2.24) is 40.1 Å². The maximum Gasteiger partial charge on any atom is 0.258 e. The fourth-order valence-corrected chi connectivity index (χ4v) is 4.64. The van der Waals surface area contributed by atoms with Gasteiger partial charge < -0.3 is 9.55 Å². The van der Waals surface area contributed by atoms with Gasteiger partial charge in [-0.2, -0.15) is 5.21 Å². The molecule has 0 spiro atoms. The van der Waals surface area contributed by atoms with Crippen LogP contribution in [0.15, 0.2) is 47.5 Å². The Morgan fingerprint density at radius 2 is 1.87 bits per heavy atom. The minimum absolute atomic E-state index is 0. The molecule has 1 aliphatic rings. The molecule has 3 aromatic heterocycles. The summed E-state index contributed by atoms with van der Waals surface area (Å²) < 4.78 is 2.35. The molecule has 0 unspecified atom stereocenters. The van der Waals surface area contributed by atoms with Gasteiger partial charge in [-0.15, -0.1) is 10.2 Å². The molecule has 0 radical (unpaired) electrons. The van der Waals surface area contributed by atoms with E-state index in [0.29, 0.717) is 22.8 Å². The molecule has 2 aromatic carbocycles. The third-order valence-electron chi connectivity index (χ3n) is 6.13. The summed E-state index contributed by atoms with van der Waals surface area (Å²) in [6, 6.07) is 12.2. The first kappa shape index (κ1) is 17.9. The highest BCUT2D eigenvalue weighted by Crippen LogP contribution is 2.37. The minimum atomic E-state index is -0.147. The number of fused-ring (bicyclic) bond motifs is 2. The van der Waals surface area contributed by atoms with E-state index >= 15 is 0 Å². The van der Waals surface area contributed by atoms with Crippen LogP contribution in [0.2, 0.25) is 0 Å². The van der Waals surface area contributed by atoms with Crippen molar-refractivity contribution in [2.75, 3.05) is 0 Å². The molecule has 0 aliphatic heterocycles. The Balaban J connectivity index is 0.00000130. The number of aromatic nitrogens is 8. The van der Waals surface area contributed by atoms with Crippen molar-refractivity contribution in [3.8, 4) is 22.8 Å². The minimum Gasteiger partial charge on any atom is -0.321 e. The fraction of sp³-hybridized carbons (Fsp3) is 0.273. The van der Waals surface area contributed by atoms with Crippen LogP contribution in [0.5, 0.6) is 0 Å². The average molecular weight is 416 g/mol. The Morgan fingerprint density at radius 3 is 2.71 bits per heavy atom. The van der Waals surface area contributed by atoms with Gasteiger partial charge in [0.25, 0.3) is 5.56 Å². The van der Waals surface area contributed by atoms with Crippen LogP contribution in [0.1, 0.15) is 41.0 Å².